The van der Waals surface area contributed by atoms with Crippen LogP contribution in [0.25, 0.3) is 0 Å². The molecule has 1 aromatic rings. The monoisotopic (exact) mass is 306 g/mol. The predicted molar refractivity (Wildman–Crippen MR) is 85.2 cm³/mol. The van der Waals surface area contributed by atoms with Crippen LogP contribution in [0.3, 0.4) is 0 Å². The average molecular weight is 306 g/mol. The van der Waals surface area contributed by atoms with E-state index in [2.05, 4.69) is 32.2 Å². The van der Waals surface area contributed by atoms with Gasteiger partial charge in [-0.25, -0.2) is 0 Å². The fourth-order valence-corrected chi connectivity index (χ4v) is 2.31. The first kappa shape index (κ1) is 17.4. The molecule has 0 spiro atoms. The molecular formula is C16H22N2O2S. The van der Waals surface area contributed by atoms with Gasteiger partial charge in [0.1, 0.15) is 6.04 Å². The van der Waals surface area contributed by atoms with Crippen molar-refractivity contribution in [3.05, 3.63) is 35.4 Å². The Balaban J connectivity index is 2.75. The van der Waals surface area contributed by atoms with Crippen molar-refractivity contribution in [2.45, 2.75) is 38.6 Å². The van der Waals surface area contributed by atoms with Crippen LogP contribution in [0.5, 0.6) is 0 Å². The van der Waals surface area contributed by atoms with E-state index in [1.807, 2.05) is 24.3 Å². The SMILES string of the molecule is CS(=O)CCC(=O)NC(C#N)c1ccc(C(C)(C)C)cc1. The van der Waals surface area contributed by atoms with E-state index in [1.165, 1.54) is 5.56 Å². The Labute approximate surface area is 129 Å². The molecule has 5 heteroatoms. The van der Waals surface area contributed by atoms with Crippen molar-refractivity contribution in [1.29, 1.82) is 5.26 Å². The highest BCUT2D eigenvalue weighted by atomic mass is 32.2. The highest BCUT2D eigenvalue weighted by Gasteiger charge is 2.17. The predicted octanol–water partition coefficient (Wildman–Crippen LogP) is 2.43. The van der Waals surface area contributed by atoms with Crippen LogP contribution in [0.2, 0.25) is 0 Å². The maximum Gasteiger partial charge on any atom is 0.222 e. The van der Waals surface area contributed by atoms with Crippen LogP contribution >= 0.6 is 0 Å². The van der Waals surface area contributed by atoms with Crippen molar-refractivity contribution >= 4 is 16.7 Å². The lowest BCUT2D eigenvalue weighted by molar-refractivity contribution is -0.121. The third kappa shape index (κ3) is 5.68. The van der Waals surface area contributed by atoms with Crippen LogP contribution in [-0.4, -0.2) is 22.1 Å². The zero-order valence-corrected chi connectivity index (χ0v) is 13.8. The van der Waals surface area contributed by atoms with Gasteiger partial charge in [-0.2, -0.15) is 5.26 Å². The van der Waals surface area contributed by atoms with Gasteiger partial charge in [0.25, 0.3) is 0 Å². The lowest BCUT2D eigenvalue weighted by Crippen LogP contribution is -2.28. The summed E-state index contributed by atoms with van der Waals surface area (Å²) < 4.78 is 11.0. The largest absolute Gasteiger partial charge is 0.337 e. The Morgan fingerprint density at radius 1 is 1.33 bits per heavy atom. The summed E-state index contributed by atoms with van der Waals surface area (Å²) in [4.78, 5) is 11.7. The average Bonchev–Trinajstić information content (AvgIpc) is 2.41. The zero-order valence-electron chi connectivity index (χ0n) is 13.0. The molecule has 1 amide bonds. The van der Waals surface area contributed by atoms with Crippen LogP contribution in [0.1, 0.15) is 44.4 Å². The normalized spacial score (nSPS) is 14.0. The van der Waals surface area contributed by atoms with E-state index in [9.17, 15) is 14.3 Å². The molecule has 0 saturated heterocycles. The van der Waals surface area contributed by atoms with Gasteiger partial charge in [0.15, 0.2) is 0 Å². The van der Waals surface area contributed by atoms with Crippen molar-refractivity contribution in [2.24, 2.45) is 0 Å². The van der Waals surface area contributed by atoms with E-state index in [1.54, 1.807) is 6.26 Å². The molecule has 1 N–H and O–H groups in total. The number of carbonyl (C=O) groups is 1. The van der Waals surface area contributed by atoms with E-state index in [-0.39, 0.29) is 17.7 Å². The number of nitrogens with one attached hydrogen (secondary N) is 1. The molecule has 1 aromatic carbocycles. The van der Waals surface area contributed by atoms with Gasteiger partial charge in [0.2, 0.25) is 5.91 Å². The standard InChI is InChI=1S/C16H22N2O2S/c1-16(2,3)13-7-5-12(6-8-13)14(11-17)18-15(19)9-10-21(4)20/h5-8,14H,9-10H2,1-4H3,(H,18,19). The van der Waals surface area contributed by atoms with E-state index in [0.29, 0.717) is 5.75 Å². The molecule has 114 valence electrons. The van der Waals surface area contributed by atoms with Gasteiger partial charge in [-0.3, -0.25) is 9.00 Å². The number of nitrogens with zero attached hydrogens (tertiary/aromatic N) is 1. The second kappa shape index (κ2) is 7.37. The number of hydrogen-bond donors (Lipinski definition) is 1. The Hall–Kier alpha value is -1.67. The van der Waals surface area contributed by atoms with E-state index in [4.69, 9.17) is 0 Å². The number of rotatable bonds is 5. The van der Waals surface area contributed by atoms with Crippen LogP contribution in [0.15, 0.2) is 24.3 Å². The van der Waals surface area contributed by atoms with Crippen molar-refractivity contribution in [3.8, 4) is 6.07 Å². The number of carbonyl (C=O) groups excluding carboxylic acids is 1. The zero-order chi connectivity index (χ0) is 16.0. The highest BCUT2D eigenvalue weighted by molar-refractivity contribution is 7.84. The first-order chi connectivity index (χ1) is 9.74. The number of nitriles is 1. The molecule has 4 nitrogen and oxygen atoms in total. The second-order valence-corrected chi connectivity index (χ2v) is 7.58. The maximum absolute atomic E-state index is 11.7. The Kier molecular flexibility index (Phi) is 6.10. The third-order valence-electron chi connectivity index (χ3n) is 3.16. The summed E-state index contributed by atoms with van der Waals surface area (Å²) in [5.41, 5.74) is 1.99. The topological polar surface area (TPSA) is 70.0 Å². The molecule has 0 aliphatic rings. The minimum absolute atomic E-state index is 0.0507. The van der Waals surface area contributed by atoms with Crippen LogP contribution in [-0.2, 0) is 21.0 Å². The van der Waals surface area contributed by atoms with Crippen molar-refractivity contribution < 1.29 is 9.00 Å². The van der Waals surface area contributed by atoms with Gasteiger partial charge in [-0.15, -0.1) is 0 Å². The molecule has 2 unspecified atom stereocenters. The molecule has 21 heavy (non-hydrogen) atoms. The van der Waals surface area contributed by atoms with Gasteiger partial charge in [-0.05, 0) is 16.5 Å². The Morgan fingerprint density at radius 2 is 1.90 bits per heavy atom. The summed E-state index contributed by atoms with van der Waals surface area (Å²) >= 11 is 0. The molecule has 0 bridgehead atoms. The molecule has 0 aromatic heterocycles. The van der Waals surface area contributed by atoms with Crippen molar-refractivity contribution in [3.63, 3.8) is 0 Å². The van der Waals surface area contributed by atoms with Crippen LogP contribution in [0, 0.1) is 11.3 Å². The fourth-order valence-electron chi connectivity index (χ4n) is 1.84. The smallest absolute Gasteiger partial charge is 0.222 e. The molecule has 0 radical (unpaired) electrons. The minimum atomic E-state index is -1.00. The molecular weight excluding hydrogens is 284 g/mol. The van der Waals surface area contributed by atoms with E-state index < -0.39 is 16.8 Å². The summed E-state index contributed by atoms with van der Waals surface area (Å²) in [6.45, 7) is 6.36. The van der Waals surface area contributed by atoms with Crippen LogP contribution < -0.4 is 5.32 Å². The lowest BCUT2D eigenvalue weighted by Gasteiger charge is -2.20. The van der Waals surface area contributed by atoms with Crippen molar-refractivity contribution in [2.75, 3.05) is 12.0 Å². The molecule has 2 atom stereocenters. The highest BCUT2D eigenvalue weighted by Crippen LogP contribution is 2.23. The number of amides is 1. The quantitative estimate of drug-likeness (QED) is 0.908. The second-order valence-electron chi connectivity index (χ2n) is 6.03. The van der Waals surface area contributed by atoms with Gasteiger partial charge in [0.05, 0.1) is 6.07 Å². The van der Waals surface area contributed by atoms with Gasteiger partial charge in [0, 0.05) is 29.2 Å². The first-order valence-electron chi connectivity index (χ1n) is 6.83. The third-order valence-corrected chi connectivity index (χ3v) is 3.94. The molecule has 0 aliphatic carbocycles. The lowest BCUT2D eigenvalue weighted by atomic mass is 9.86. The fraction of sp³-hybridized carbons (Fsp3) is 0.500. The molecule has 0 fully saturated rings. The molecule has 1 rings (SSSR count). The number of hydrogen-bond acceptors (Lipinski definition) is 3. The first-order valence-corrected chi connectivity index (χ1v) is 8.56. The molecule has 0 aliphatic heterocycles. The van der Waals surface area contributed by atoms with Crippen molar-refractivity contribution in [1.82, 2.24) is 5.32 Å². The molecule has 0 heterocycles. The minimum Gasteiger partial charge on any atom is -0.337 e. The van der Waals surface area contributed by atoms with E-state index >= 15 is 0 Å². The van der Waals surface area contributed by atoms with Gasteiger partial charge >= 0.3 is 0 Å². The van der Waals surface area contributed by atoms with Gasteiger partial charge in [-0.1, -0.05) is 45.0 Å². The Morgan fingerprint density at radius 3 is 2.33 bits per heavy atom. The summed E-state index contributed by atoms with van der Waals surface area (Å²) in [6.07, 6.45) is 1.72. The van der Waals surface area contributed by atoms with Gasteiger partial charge < -0.3 is 5.32 Å². The molecule has 0 saturated carbocycles. The number of benzene rings is 1. The van der Waals surface area contributed by atoms with E-state index in [0.717, 1.165) is 5.56 Å². The summed E-state index contributed by atoms with van der Waals surface area (Å²) in [5, 5.41) is 11.9. The summed E-state index contributed by atoms with van der Waals surface area (Å²) in [6, 6.07) is 9.11. The Bertz CT molecular complexity index is 553. The summed E-state index contributed by atoms with van der Waals surface area (Å²) in [7, 11) is -1.00. The van der Waals surface area contributed by atoms with Crippen LogP contribution in [0.4, 0.5) is 0 Å². The summed E-state index contributed by atoms with van der Waals surface area (Å²) in [5.74, 6) is 0.0593. The maximum atomic E-state index is 11.7.